The van der Waals surface area contributed by atoms with Crippen molar-refractivity contribution in [2.75, 3.05) is 31.9 Å². The summed E-state index contributed by atoms with van der Waals surface area (Å²) in [4.78, 5) is 20.8. The summed E-state index contributed by atoms with van der Waals surface area (Å²) in [5.41, 5.74) is 1.12. The lowest BCUT2D eigenvalue weighted by atomic mass is 10.1. The van der Waals surface area contributed by atoms with E-state index in [1.165, 1.54) is 0 Å². The van der Waals surface area contributed by atoms with Gasteiger partial charge in [-0.1, -0.05) is 44.2 Å². The second-order valence-electron chi connectivity index (χ2n) is 9.15. The molecule has 2 rings (SSSR count). The lowest BCUT2D eigenvalue weighted by molar-refractivity contribution is 0.194. The Morgan fingerprint density at radius 2 is 1.78 bits per heavy atom. The van der Waals surface area contributed by atoms with Crippen molar-refractivity contribution < 1.29 is 13.2 Å². The molecule has 0 radical (unpaired) electrons. The van der Waals surface area contributed by atoms with Gasteiger partial charge in [-0.3, -0.25) is 5.10 Å². The number of aromatic amines is 1. The van der Waals surface area contributed by atoms with Gasteiger partial charge in [-0.25, -0.2) is 22.9 Å². The Bertz CT molecular complexity index is 1010. The molecule has 1 atom stereocenters. The molecule has 0 aliphatic rings. The highest BCUT2D eigenvalue weighted by Crippen LogP contribution is 2.18. The normalized spacial score (nSPS) is 12.8. The maximum atomic E-state index is 13.0. The number of aryl methyl sites for hydroxylation is 1. The second-order valence-corrected chi connectivity index (χ2v) is 11.0. The van der Waals surface area contributed by atoms with E-state index in [0.29, 0.717) is 37.5 Å². The first-order chi connectivity index (χ1) is 17.2. The number of hydrogen-bond donors (Lipinski definition) is 3. The first-order valence-corrected chi connectivity index (χ1v) is 14.5. The lowest BCUT2D eigenvalue weighted by Gasteiger charge is -2.21. The Labute approximate surface area is 216 Å². The third-order valence-corrected chi connectivity index (χ3v) is 7.43. The number of amides is 2. The zero-order chi connectivity index (χ0) is 26.6. The molecule has 0 saturated heterocycles. The summed E-state index contributed by atoms with van der Waals surface area (Å²) in [6, 6.07) is 9.22. The van der Waals surface area contributed by atoms with E-state index in [-0.39, 0.29) is 24.4 Å². The monoisotopic (exact) mass is 521 g/mol. The highest BCUT2D eigenvalue weighted by atomic mass is 32.2. The van der Waals surface area contributed by atoms with Crippen LogP contribution in [-0.4, -0.2) is 77.4 Å². The molecule has 3 N–H and O–H groups in total. The van der Waals surface area contributed by atoms with E-state index in [1.807, 2.05) is 51.1 Å². The van der Waals surface area contributed by atoms with Gasteiger partial charge in [-0.15, -0.1) is 0 Å². The first kappa shape index (κ1) is 29.7. The number of hydrogen-bond acceptors (Lipinski definition) is 6. The van der Waals surface area contributed by atoms with Crippen LogP contribution in [0.4, 0.5) is 4.79 Å². The van der Waals surface area contributed by atoms with Gasteiger partial charge >= 0.3 is 6.03 Å². The van der Waals surface area contributed by atoms with Crippen molar-refractivity contribution in [1.29, 1.82) is 0 Å². The van der Waals surface area contributed by atoms with Crippen LogP contribution in [-0.2, 0) is 23.0 Å². The quantitative estimate of drug-likeness (QED) is 0.312. The molecule has 202 valence electrons. The average molecular weight is 522 g/mol. The van der Waals surface area contributed by atoms with Gasteiger partial charge < -0.3 is 15.1 Å². The van der Waals surface area contributed by atoms with Crippen LogP contribution >= 0.6 is 0 Å². The number of carbonyl (C=O) groups is 1. The van der Waals surface area contributed by atoms with Gasteiger partial charge in [-0.05, 0) is 65.2 Å². The van der Waals surface area contributed by atoms with E-state index in [1.54, 1.807) is 4.90 Å². The molecule has 0 spiro atoms. The zero-order valence-electron chi connectivity index (χ0n) is 22.3. The van der Waals surface area contributed by atoms with Crippen LogP contribution in [0.3, 0.4) is 0 Å². The predicted molar refractivity (Wildman–Crippen MR) is 143 cm³/mol. The summed E-state index contributed by atoms with van der Waals surface area (Å²) >= 11 is 0. The number of sulfonamides is 1. The molecule has 2 aromatic rings. The minimum atomic E-state index is -3.53. The van der Waals surface area contributed by atoms with Gasteiger partial charge in [0.15, 0.2) is 5.82 Å². The Morgan fingerprint density at radius 1 is 1.08 bits per heavy atom. The topological polar surface area (TPSA) is 123 Å². The van der Waals surface area contributed by atoms with Gasteiger partial charge in [0.05, 0.1) is 18.3 Å². The maximum Gasteiger partial charge on any atom is 0.317 e. The molecule has 0 saturated carbocycles. The molecule has 1 aromatic heterocycles. The first-order valence-electron chi connectivity index (χ1n) is 12.9. The van der Waals surface area contributed by atoms with Gasteiger partial charge in [0, 0.05) is 12.6 Å². The van der Waals surface area contributed by atoms with E-state index >= 15 is 0 Å². The van der Waals surface area contributed by atoms with Crippen molar-refractivity contribution in [3.63, 3.8) is 0 Å². The fraction of sp³-hybridized carbons (Fsp3) is 0.640. The summed E-state index contributed by atoms with van der Waals surface area (Å²) < 4.78 is 28.8. The van der Waals surface area contributed by atoms with E-state index in [9.17, 15) is 13.2 Å². The molecule has 1 heterocycles. The fourth-order valence-corrected chi connectivity index (χ4v) is 5.16. The minimum Gasteiger partial charge on any atom is -0.336 e. The summed E-state index contributed by atoms with van der Waals surface area (Å²) in [7, 11) is -3.53. The fourth-order valence-electron chi connectivity index (χ4n) is 3.87. The highest BCUT2D eigenvalue weighted by molar-refractivity contribution is 7.89. The number of nitrogens with one attached hydrogen (secondary N) is 3. The highest BCUT2D eigenvalue weighted by Gasteiger charge is 2.24. The van der Waals surface area contributed by atoms with E-state index in [0.717, 1.165) is 25.2 Å². The zero-order valence-corrected chi connectivity index (χ0v) is 23.1. The summed E-state index contributed by atoms with van der Waals surface area (Å²) in [5.74, 6) is 0.940. The van der Waals surface area contributed by atoms with E-state index in [4.69, 9.17) is 0 Å². The van der Waals surface area contributed by atoms with Crippen LogP contribution in [0.25, 0.3) is 0 Å². The molecule has 2 amide bonds. The van der Waals surface area contributed by atoms with Crippen LogP contribution < -0.4 is 10.0 Å². The third kappa shape index (κ3) is 10.2. The third-order valence-electron chi connectivity index (χ3n) is 5.96. The summed E-state index contributed by atoms with van der Waals surface area (Å²) in [5, 5.41) is 10.1. The SMILES string of the molecule is CCN(CC)CCCS(=O)(=O)N[C@H](CCc1ccccc1)c1nc(CN(CC)C(=O)NC(C)C)n[nH]1. The Kier molecular flexibility index (Phi) is 12.3. The summed E-state index contributed by atoms with van der Waals surface area (Å²) in [6.45, 7) is 13.1. The number of H-pyrrole nitrogens is 1. The van der Waals surface area contributed by atoms with Crippen molar-refractivity contribution >= 4 is 16.1 Å². The number of benzene rings is 1. The smallest absolute Gasteiger partial charge is 0.317 e. The van der Waals surface area contributed by atoms with Crippen molar-refractivity contribution in [1.82, 2.24) is 35.0 Å². The van der Waals surface area contributed by atoms with Crippen LogP contribution in [0, 0.1) is 0 Å². The molecule has 36 heavy (non-hydrogen) atoms. The Hall–Kier alpha value is -2.50. The standard InChI is InChI=1S/C25H43N7O3S/c1-6-31(7-2)17-12-18-36(34,35)30-22(16-15-21-13-10-9-11-14-21)24-27-23(28-29-24)19-32(8-3)25(33)26-20(4)5/h9-11,13-14,20,22,30H,6-8,12,15-19H2,1-5H3,(H,26,33)(H,27,28,29)/t22-/m1/s1. The Morgan fingerprint density at radius 3 is 2.39 bits per heavy atom. The lowest BCUT2D eigenvalue weighted by Crippen LogP contribution is -2.42. The number of rotatable bonds is 16. The summed E-state index contributed by atoms with van der Waals surface area (Å²) in [6.07, 6.45) is 1.77. The van der Waals surface area contributed by atoms with Gasteiger partial charge in [0.2, 0.25) is 10.0 Å². The Balaban J connectivity index is 2.13. The largest absolute Gasteiger partial charge is 0.336 e. The van der Waals surface area contributed by atoms with Crippen molar-refractivity contribution in [3.8, 4) is 0 Å². The van der Waals surface area contributed by atoms with Crippen LogP contribution in [0.5, 0.6) is 0 Å². The molecular formula is C25H43N7O3S. The van der Waals surface area contributed by atoms with E-state index in [2.05, 4.69) is 44.0 Å². The molecular weight excluding hydrogens is 478 g/mol. The molecule has 11 heteroatoms. The average Bonchev–Trinajstić information content (AvgIpc) is 3.31. The number of urea groups is 1. The molecule has 0 bridgehead atoms. The van der Waals surface area contributed by atoms with Crippen LogP contribution in [0.1, 0.15) is 70.7 Å². The van der Waals surface area contributed by atoms with Crippen LogP contribution in [0.15, 0.2) is 30.3 Å². The maximum absolute atomic E-state index is 13.0. The molecule has 10 nitrogen and oxygen atoms in total. The predicted octanol–water partition coefficient (Wildman–Crippen LogP) is 3.07. The van der Waals surface area contributed by atoms with Gasteiger partial charge in [0.25, 0.3) is 0 Å². The van der Waals surface area contributed by atoms with E-state index < -0.39 is 16.1 Å². The molecule has 0 aliphatic carbocycles. The van der Waals surface area contributed by atoms with Crippen molar-refractivity contribution in [2.24, 2.45) is 0 Å². The minimum absolute atomic E-state index is 0.0211. The van der Waals surface area contributed by atoms with Crippen LogP contribution in [0.2, 0.25) is 0 Å². The van der Waals surface area contributed by atoms with Crippen molar-refractivity contribution in [2.45, 2.75) is 72.5 Å². The number of carbonyl (C=O) groups excluding carboxylic acids is 1. The van der Waals surface area contributed by atoms with Gasteiger partial charge in [-0.2, -0.15) is 5.10 Å². The number of nitrogens with zero attached hydrogens (tertiary/aromatic N) is 4. The molecule has 0 aliphatic heterocycles. The van der Waals surface area contributed by atoms with Crippen molar-refractivity contribution in [3.05, 3.63) is 47.5 Å². The number of aromatic nitrogens is 3. The molecule has 1 aromatic carbocycles. The second kappa shape index (κ2) is 14.9. The molecule has 0 unspecified atom stereocenters. The molecule has 0 fully saturated rings. The van der Waals surface area contributed by atoms with Gasteiger partial charge in [0.1, 0.15) is 5.82 Å².